The standard InChI is InChI=1S/C23H17BrFN3O2S/c24-19-6-2-1-5-18(19)22-15-31-23(26-20-7-3-4-8-21(20)28(29)30)27(22)14-13-16-9-11-17(25)12-10-16/h1-12,15H,13-14H2. The molecule has 0 radical (unpaired) electrons. The molecule has 5 nitrogen and oxygen atoms in total. The number of rotatable bonds is 6. The van der Waals surface area contributed by atoms with Gasteiger partial charge in [-0.2, -0.15) is 0 Å². The van der Waals surface area contributed by atoms with Crippen LogP contribution in [0.2, 0.25) is 0 Å². The second-order valence-electron chi connectivity index (χ2n) is 6.77. The Hall–Kier alpha value is -3.10. The van der Waals surface area contributed by atoms with E-state index < -0.39 is 4.92 Å². The van der Waals surface area contributed by atoms with Crippen molar-refractivity contribution < 1.29 is 9.31 Å². The van der Waals surface area contributed by atoms with Gasteiger partial charge in [0.25, 0.3) is 5.69 Å². The average molecular weight is 498 g/mol. The number of aryl methyl sites for hydroxylation is 1. The number of nitro groups is 1. The molecule has 156 valence electrons. The zero-order valence-electron chi connectivity index (χ0n) is 16.2. The van der Waals surface area contributed by atoms with Gasteiger partial charge in [-0.05, 0) is 36.2 Å². The van der Waals surface area contributed by atoms with Crippen LogP contribution in [0.3, 0.4) is 0 Å². The summed E-state index contributed by atoms with van der Waals surface area (Å²) in [5.41, 5.74) is 3.22. The van der Waals surface area contributed by atoms with Crippen molar-refractivity contribution in [3.63, 3.8) is 0 Å². The van der Waals surface area contributed by atoms with Crippen LogP contribution < -0.4 is 4.80 Å². The highest BCUT2D eigenvalue weighted by Crippen LogP contribution is 2.30. The van der Waals surface area contributed by atoms with Gasteiger partial charge in [-0.25, -0.2) is 9.38 Å². The summed E-state index contributed by atoms with van der Waals surface area (Å²) >= 11 is 5.03. The largest absolute Gasteiger partial charge is 0.316 e. The lowest BCUT2D eigenvalue weighted by molar-refractivity contribution is -0.384. The van der Waals surface area contributed by atoms with Crippen LogP contribution in [-0.2, 0) is 13.0 Å². The summed E-state index contributed by atoms with van der Waals surface area (Å²) in [6.45, 7) is 0.589. The molecule has 0 saturated carbocycles. The maximum Gasteiger partial charge on any atom is 0.294 e. The third-order valence-corrected chi connectivity index (χ3v) is 6.33. The molecule has 0 fully saturated rings. The Morgan fingerprint density at radius 2 is 1.74 bits per heavy atom. The van der Waals surface area contributed by atoms with Gasteiger partial charge in [0.1, 0.15) is 11.5 Å². The maximum absolute atomic E-state index is 13.3. The molecule has 0 aliphatic rings. The van der Waals surface area contributed by atoms with Crippen molar-refractivity contribution >= 4 is 38.6 Å². The van der Waals surface area contributed by atoms with Crippen LogP contribution in [-0.4, -0.2) is 9.49 Å². The second kappa shape index (κ2) is 9.36. The summed E-state index contributed by atoms with van der Waals surface area (Å²) in [5.74, 6) is -0.270. The lowest BCUT2D eigenvalue weighted by Crippen LogP contribution is -2.17. The first-order chi connectivity index (χ1) is 15.0. The molecular weight excluding hydrogens is 481 g/mol. The molecule has 31 heavy (non-hydrogen) atoms. The van der Waals surface area contributed by atoms with Gasteiger partial charge in [0.2, 0.25) is 0 Å². The molecule has 4 aromatic rings. The number of aromatic nitrogens is 1. The van der Waals surface area contributed by atoms with E-state index in [0.717, 1.165) is 21.3 Å². The predicted octanol–water partition coefficient (Wildman–Crippen LogP) is 6.50. The lowest BCUT2D eigenvalue weighted by Gasteiger charge is -2.11. The SMILES string of the molecule is O=[N+]([O-])c1ccccc1N=c1scc(-c2ccccc2Br)n1CCc1ccc(F)cc1. The molecule has 0 amide bonds. The van der Waals surface area contributed by atoms with Gasteiger partial charge in [-0.3, -0.25) is 10.1 Å². The Morgan fingerprint density at radius 1 is 1.03 bits per heavy atom. The summed E-state index contributed by atoms with van der Waals surface area (Å²) in [7, 11) is 0. The molecular formula is C23H17BrFN3O2S. The number of para-hydroxylation sites is 2. The first-order valence-corrected chi connectivity index (χ1v) is 11.2. The second-order valence-corrected chi connectivity index (χ2v) is 8.46. The van der Waals surface area contributed by atoms with Gasteiger partial charge in [-0.1, -0.05) is 58.4 Å². The van der Waals surface area contributed by atoms with Crippen LogP contribution >= 0.6 is 27.3 Å². The molecule has 0 atom stereocenters. The van der Waals surface area contributed by atoms with Crippen LogP contribution in [0.1, 0.15) is 5.56 Å². The minimum absolute atomic E-state index is 0.0385. The number of hydrogen-bond acceptors (Lipinski definition) is 4. The van der Waals surface area contributed by atoms with Gasteiger partial charge in [0.05, 0.1) is 10.6 Å². The number of hydrogen-bond donors (Lipinski definition) is 0. The van der Waals surface area contributed by atoms with Crippen molar-refractivity contribution in [2.45, 2.75) is 13.0 Å². The van der Waals surface area contributed by atoms with Crippen LogP contribution in [0, 0.1) is 15.9 Å². The van der Waals surface area contributed by atoms with Gasteiger partial charge in [0, 0.05) is 28.0 Å². The molecule has 1 heterocycles. The lowest BCUT2D eigenvalue weighted by atomic mass is 10.1. The smallest absolute Gasteiger partial charge is 0.294 e. The quantitative estimate of drug-likeness (QED) is 0.225. The summed E-state index contributed by atoms with van der Waals surface area (Å²) in [6, 6.07) is 20.7. The first kappa shape index (κ1) is 21.1. The zero-order valence-corrected chi connectivity index (χ0v) is 18.6. The number of halogens is 2. The van der Waals surface area contributed by atoms with E-state index in [0.29, 0.717) is 23.5 Å². The van der Waals surface area contributed by atoms with E-state index in [-0.39, 0.29) is 11.5 Å². The number of thiazole rings is 1. The van der Waals surface area contributed by atoms with E-state index in [2.05, 4.69) is 20.9 Å². The van der Waals surface area contributed by atoms with E-state index >= 15 is 0 Å². The Morgan fingerprint density at radius 3 is 2.48 bits per heavy atom. The Kier molecular flexibility index (Phi) is 6.39. The summed E-state index contributed by atoms with van der Waals surface area (Å²) in [4.78, 5) is 16.3. The van der Waals surface area contributed by atoms with Crippen molar-refractivity contribution in [3.05, 3.63) is 109 Å². The zero-order chi connectivity index (χ0) is 21.8. The molecule has 1 aromatic heterocycles. The van der Waals surface area contributed by atoms with Crippen LogP contribution in [0.15, 0.2) is 87.6 Å². The minimum Gasteiger partial charge on any atom is -0.316 e. The van der Waals surface area contributed by atoms with Crippen molar-refractivity contribution in [3.8, 4) is 11.3 Å². The van der Waals surface area contributed by atoms with Gasteiger partial charge in [-0.15, -0.1) is 11.3 Å². The van der Waals surface area contributed by atoms with Crippen LogP contribution in [0.5, 0.6) is 0 Å². The first-order valence-electron chi connectivity index (χ1n) is 9.49. The molecule has 0 aliphatic heterocycles. The Bertz CT molecular complexity index is 1300. The highest BCUT2D eigenvalue weighted by atomic mass is 79.9. The summed E-state index contributed by atoms with van der Waals surface area (Å²) in [6.07, 6.45) is 0.665. The number of benzene rings is 3. The fraction of sp³-hybridized carbons (Fsp3) is 0.0870. The molecule has 0 unspecified atom stereocenters. The van der Waals surface area contributed by atoms with E-state index in [1.807, 2.05) is 34.2 Å². The minimum atomic E-state index is -0.427. The molecule has 0 saturated heterocycles. The van der Waals surface area contributed by atoms with Crippen molar-refractivity contribution in [1.82, 2.24) is 4.57 Å². The van der Waals surface area contributed by atoms with Gasteiger partial charge >= 0.3 is 0 Å². The van der Waals surface area contributed by atoms with Crippen LogP contribution in [0.25, 0.3) is 11.3 Å². The summed E-state index contributed by atoms with van der Waals surface area (Å²) < 4.78 is 16.3. The van der Waals surface area contributed by atoms with Gasteiger partial charge in [0.15, 0.2) is 4.80 Å². The molecule has 0 spiro atoms. The number of nitro benzene ring substituents is 1. The average Bonchev–Trinajstić information content (AvgIpc) is 3.16. The fourth-order valence-corrected chi connectivity index (χ4v) is 4.65. The monoisotopic (exact) mass is 497 g/mol. The normalized spacial score (nSPS) is 11.6. The predicted molar refractivity (Wildman–Crippen MR) is 124 cm³/mol. The molecule has 0 N–H and O–H groups in total. The third-order valence-electron chi connectivity index (χ3n) is 4.78. The maximum atomic E-state index is 13.3. The highest BCUT2D eigenvalue weighted by molar-refractivity contribution is 9.10. The summed E-state index contributed by atoms with van der Waals surface area (Å²) in [5, 5.41) is 13.4. The number of nitrogens with zero attached hydrogens (tertiary/aromatic N) is 3. The fourth-order valence-electron chi connectivity index (χ4n) is 3.23. The van der Waals surface area contributed by atoms with E-state index in [1.165, 1.54) is 29.5 Å². The van der Waals surface area contributed by atoms with E-state index in [4.69, 9.17) is 0 Å². The molecule has 0 aliphatic carbocycles. The molecule has 4 rings (SSSR count). The van der Waals surface area contributed by atoms with Crippen LogP contribution in [0.4, 0.5) is 15.8 Å². The molecule has 0 bridgehead atoms. The highest BCUT2D eigenvalue weighted by Gasteiger charge is 2.14. The third kappa shape index (κ3) is 4.81. The Labute approximate surface area is 190 Å². The van der Waals surface area contributed by atoms with Gasteiger partial charge < -0.3 is 4.57 Å². The Balaban J connectivity index is 1.81. The van der Waals surface area contributed by atoms with Crippen molar-refractivity contribution in [2.24, 2.45) is 4.99 Å². The molecule has 3 aromatic carbocycles. The topological polar surface area (TPSA) is 60.4 Å². The van der Waals surface area contributed by atoms with Crippen molar-refractivity contribution in [2.75, 3.05) is 0 Å². The molecule has 8 heteroatoms. The van der Waals surface area contributed by atoms with E-state index in [1.54, 1.807) is 30.3 Å². The van der Waals surface area contributed by atoms with Crippen molar-refractivity contribution in [1.29, 1.82) is 0 Å². The van der Waals surface area contributed by atoms with E-state index in [9.17, 15) is 14.5 Å².